The average Bonchev–Trinajstić information content (AvgIpc) is 2.80. The normalized spacial score (nSPS) is 18.6. The average molecular weight is 592 g/mol. The van der Waals surface area contributed by atoms with Crippen LogP contribution in [-0.4, -0.2) is 24.0 Å². The van der Waals surface area contributed by atoms with Crippen molar-refractivity contribution in [3.8, 4) is 0 Å². The number of unbranched alkanes of at least 4 members (excludes halogenated alkanes) is 3. The molecule has 214 valence electrons. The van der Waals surface area contributed by atoms with Gasteiger partial charge in [-0.05, 0) is 50.2 Å². The van der Waals surface area contributed by atoms with Gasteiger partial charge in [0.2, 0.25) is 10.0 Å². The van der Waals surface area contributed by atoms with Crippen molar-refractivity contribution in [2.24, 2.45) is 16.1 Å². The van der Waals surface area contributed by atoms with Crippen LogP contribution in [0.5, 0.6) is 0 Å². The van der Waals surface area contributed by atoms with Crippen molar-refractivity contribution < 1.29 is 36.4 Å². The molecule has 4 unspecified atom stereocenters. The SMILES string of the molecule is CC(CCCCCC(CCCCS(N)(=O)=O)(OP(N)(=O)O)c1ccccc1)(OP(N)(=O)O)c1ccccc1. The van der Waals surface area contributed by atoms with Gasteiger partial charge in [0.15, 0.2) is 0 Å². The summed E-state index contributed by atoms with van der Waals surface area (Å²) in [6.07, 6.45) is 3.35. The van der Waals surface area contributed by atoms with E-state index >= 15 is 0 Å². The van der Waals surface area contributed by atoms with Gasteiger partial charge in [0.1, 0.15) is 11.2 Å². The van der Waals surface area contributed by atoms with Crippen molar-refractivity contribution >= 4 is 25.5 Å². The molecule has 8 N–H and O–H groups in total. The summed E-state index contributed by atoms with van der Waals surface area (Å²) in [5.74, 6) is -0.217. The number of primary sulfonamides is 1. The number of hydrogen-bond acceptors (Lipinski definition) is 6. The Bertz CT molecular complexity index is 1210. The van der Waals surface area contributed by atoms with Crippen molar-refractivity contribution in [1.82, 2.24) is 0 Å². The molecule has 0 saturated carbocycles. The molecule has 11 nitrogen and oxygen atoms in total. The van der Waals surface area contributed by atoms with Crippen molar-refractivity contribution in [2.45, 2.75) is 69.5 Å². The van der Waals surface area contributed by atoms with E-state index in [1.807, 2.05) is 6.07 Å². The summed E-state index contributed by atoms with van der Waals surface area (Å²) in [4.78, 5) is 19.7. The van der Waals surface area contributed by atoms with Gasteiger partial charge in [-0.25, -0.2) is 33.7 Å². The summed E-state index contributed by atoms with van der Waals surface area (Å²) in [5, 5.41) is 5.11. The second kappa shape index (κ2) is 13.8. The standard InChI is InChI=1S/C24H39N3O8P2S/c1-23(34-36(25,28)29,21-13-5-2-6-14-21)17-9-4-10-18-24(35-37(26,30)31,22-15-7-3-8-16-22)19-11-12-20-38(27,32)33/h2-3,5-8,13-16H,4,9-12,17-20H2,1H3,(H3,25,28,29)(H3,26,30,31)(H2,27,32,33). The van der Waals surface area contributed by atoms with Crippen LogP contribution >= 0.6 is 15.5 Å². The van der Waals surface area contributed by atoms with Crippen LogP contribution in [0, 0.1) is 0 Å². The Morgan fingerprint density at radius 3 is 1.66 bits per heavy atom. The first kappa shape index (κ1) is 32.8. The Hall–Kier alpha value is -1.43. The molecule has 0 spiro atoms. The first-order chi connectivity index (χ1) is 17.5. The number of rotatable bonds is 17. The van der Waals surface area contributed by atoms with E-state index in [-0.39, 0.29) is 18.6 Å². The van der Waals surface area contributed by atoms with Crippen LogP contribution in [0.15, 0.2) is 60.7 Å². The Morgan fingerprint density at radius 2 is 1.18 bits per heavy atom. The van der Waals surface area contributed by atoms with Gasteiger partial charge >= 0.3 is 15.5 Å². The molecule has 38 heavy (non-hydrogen) atoms. The summed E-state index contributed by atoms with van der Waals surface area (Å²) in [6.45, 7) is 1.71. The molecule has 0 saturated heterocycles. The molecule has 0 fully saturated rings. The maximum absolute atomic E-state index is 12.2. The van der Waals surface area contributed by atoms with E-state index in [9.17, 15) is 27.3 Å². The molecular formula is C24H39N3O8P2S. The van der Waals surface area contributed by atoms with E-state index in [1.165, 1.54) is 0 Å². The third-order valence-electron chi connectivity index (χ3n) is 6.32. The van der Waals surface area contributed by atoms with Crippen LogP contribution < -0.4 is 16.1 Å². The van der Waals surface area contributed by atoms with Crippen LogP contribution in [0.1, 0.15) is 69.4 Å². The minimum atomic E-state index is -4.42. The van der Waals surface area contributed by atoms with Gasteiger partial charge in [-0.2, -0.15) is 0 Å². The zero-order valence-electron chi connectivity index (χ0n) is 21.5. The van der Waals surface area contributed by atoms with Crippen molar-refractivity contribution in [2.75, 3.05) is 5.75 Å². The van der Waals surface area contributed by atoms with Gasteiger partial charge in [0, 0.05) is 0 Å². The molecule has 2 rings (SSSR count). The fraction of sp³-hybridized carbons (Fsp3) is 0.500. The largest absolute Gasteiger partial charge is 0.401 e. The summed E-state index contributed by atoms with van der Waals surface area (Å²) in [5.41, 5.74) is 9.79. The highest BCUT2D eigenvalue weighted by molar-refractivity contribution is 7.89. The maximum atomic E-state index is 12.2. The molecular weight excluding hydrogens is 552 g/mol. The van der Waals surface area contributed by atoms with E-state index in [0.29, 0.717) is 49.7 Å². The molecule has 0 aromatic heterocycles. The Morgan fingerprint density at radius 1 is 0.737 bits per heavy atom. The first-order valence-electron chi connectivity index (χ1n) is 12.3. The van der Waals surface area contributed by atoms with Crippen molar-refractivity contribution in [3.05, 3.63) is 71.8 Å². The summed E-state index contributed by atoms with van der Waals surface area (Å²) in [7, 11) is -12.3. The lowest BCUT2D eigenvalue weighted by Crippen LogP contribution is -2.31. The van der Waals surface area contributed by atoms with Gasteiger partial charge in [0.05, 0.1) is 5.75 Å². The van der Waals surface area contributed by atoms with Crippen LogP contribution in [0.3, 0.4) is 0 Å². The quantitative estimate of drug-likeness (QED) is 0.130. The predicted molar refractivity (Wildman–Crippen MR) is 147 cm³/mol. The molecule has 0 aliphatic carbocycles. The zero-order valence-corrected chi connectivity index (χ0v) is 24.1. The second-order valence-corrected chi connectivity index (χ2v) is 14.0. The molecule has 0 aliphatic rings. The molecule has 0 aliphatic heterocycles. The van der Waals surface area contributed by atoms with Crippen LogP contribution in [0.4, 0.5) is 0 Å². The van der Waals surface area contributed by atoms with E-state index in [2.05, 4.69) is 0 Å². The van der Waals surface area contributed by atoms with Crippen molar-refractivity contribution in [1.29, 1.82) is 0 Å². The van der Waals surface area contributed by atoms with Gasteiger partial charge in [0.25, 0.3) is 0 Å². The summed E-state index contributed by atoms with van der Waals surface area (Å²) in [6, 6.07) is 17.9. The smallest absolute Gasteiger partial charge is 0.313 e. The van der Waals surface area contributed by atoms with E-state index in [4.69, 9.17) is 25.2 Å². The fourth-order valence-corrected chi connectivity index (χ4v) is 6.80. The Kier molecular flexibility index (Phi) is 11.9. The molecule has 2 aromatic rings. The highest BCUT2D eigenvalue weighted by Gasteiger charge is 2.38. The fourth-order valence-electron chi connectivity index (χ4n) is 4.64. The lowest BCUT2D eigenvalue weighted by Gasteiger charge is -2.35. The monoisotopic (exact) mass is 591 g/mol. The second-order valence-electron chi connectivity index (χ2n) is 9.65. The minimum Gasteiger partial charge on any atom is -0.313 e. The Balaban J connectivity index is 2.17. The third kappa shape index (κ3) is 11.8. The van der Waals surface area contributed by atoms with E-state index in [0.717, 1.165) is 0 Å². The van der Waals surface area contributed by atoms with Crippen LogP contribution in [0.25, 0.3) is 0 Å². The molecule has 0 heterocycles. The van der Waals surface area contributed by atoms with Gasteiger partial charge in [-0.15, -0.1) is 0 Å². The van der Waals surface area contributed by atoms with Gasteiger partial charge < -0.3 is 9.79 Å². The molecule has 0 bridgehead atoms. The topological polar surface area (TPSA) is 205 Å². The lowest BCUT2D eigenvalue weighted by molar-refractivity contribution is 0.0289. The summed E-state index contributed by atoms with van der Waals surface area (Å²) >= 11 is 0. The van der Waals surface area contributed by atoms with E-state index < -0.39 is 36.7 Å². The van der Waals surface area contributed by atoms with E-state index in [1.54, 1.807) is 61.5 Å². The lowest BCUT2D eigenvalue weighted by atomic mass is 9.83. The molecule has 0 radical (unpaired) electrons. The first-order valence-corrected chi connectivity index (χ1v) is 17.3. The van der Waals surface area contributed by atoms with Crippen LogP contribution in [-0.2, 0) is 39.4 Å². The minimum absolute atomic E-state index is 0.217. The number of sulfonamides is 1. The Labute approximate surface area is 225 Å². The van der Waals surface area contributed by atoms with Gasteiger partial charge in [-0.3, -0.25) is 9.05 Å². The highest BCUT2D eigenvalue weighted by atomic mass is 32.2. The van der Waals surface area contributed by atoms with Crippen LogP contribution in [0.2, 0.25) is 0 Å². The maximum Gasteiger partial charge on any atom is 0.401 e. The highest BCUT2D eigenvalue weighted by Crippen LogP contribution is 2.49. The molecule has 14 heteroatoms. The van der Waals surface area contributed by atoms with Crippen molar-refractivity contribution in [3.63, 3.8) is 0 Å². The third-order valence-corrected chi connectivity index (χ3v) is 8.45. The molecule has 0 amide bonds. The van der Waals surface area contributed by atoms with Gasteiger partial charge in [-0.1, -0.05) is 79.9 Å². The summed E-state index contributed by atoms with van der Waals surface area (Å²) < 4.78 is 57.9. The number of hydrogen-bond donors (Lipinski definition) is 5. The molecule has 4 atom stereocenters. The predicted octanol–water partition coefficient (Wildman–Crippen LogP) is 4.36. The zero-order chi connectivity index (χ0) is 28.5. The number of benzene rings is 2. The molecule has 2 aromatic carbocycles. The number of nitrogens with two attached hydrogens (primary N) is 3.